The van der Waals surface area contributed by atoms with Crippen molar-refractivity contribution in [3.05, 3.63) is 71.0 Å². The largest absolute Gasteiger partial charge is 0.355 e. The van der Waals surface area contributed by atoms with Crippen molar-refractivity contribution in [3.8, 4) is 0 Å². The molecule has 32 heavy (non-hydrogen) atoms. The van der Waals surface area contributed by atoms with Crippen LogP contribution in [0, 0.1) is 0 Å². The number of sulfonamides is 1. The van der Waals surface area contributed by atoms with Gasteiger partial charge in [0.1, 0.15) is 0 Å². The zero-order chi connectivity index (χ0) is 23.0. The number of urea groups is 1. The molecule has 3 rings (SSSR count). The first-order valence-corrected chi connectivity index (χ1v) is 12.0. The van der Waals surface area contributed by atoms with E-state index in [1.165, 1.54) is 23.5 Å². The number of benzene rings is 1. The van der Waals surface area contributed by atoms with Gasteiger partial charge in [0.05, 0.1) is 17.0 Å². The number of hydrogen-bond acceptors (Lipinski definition) is 7. The second-order valence-corrected chi connectivity index (χ2v) is 9.20. The number of carbonyl (C=O) groups is 2. The van der Waals surface area contributed by atoms with E-state index in [1.54, 1.807) is 36.0 Å². The van der Waals surface area contributed by atoms with Crippen LogP contribution in [0.2, 0.25) is 0 Å². The van der Waals surface area contributed by atoms with Crippen LogP contribution in [0.25, 0.3) is 0 Å². The first kappa shape index (κ1) is 23.3. The molecule has 0 aliphatic heterocycles. The van der Waals surface area contributed by atoms with Crippen molar-refractivity contribution in [2.75, 3.05) is 11.9 Å². The Hall–Kier alpha value is -3.35. The van der Waals surface area contributed by atoms with Crippen molar-refractivity contribution >= 4 is 38.4 Å². The average Bonchev–Trinajstić information content (AvgIpc) is 3.19. The van der Waals surface area contributed by atoms with Gasteiger partial charge in [-0.15, -0.1) is 11.3 Å². The van der Waals surface area contributed by atoms with Gasteiger partial charge in [-0.3, -0.25) is 15.1 Å². The van der Waals surface area contributed by atoms with Crippen LogP contribution in [0.3, 0.4) is 0 Å². The van der Waals surface area contributed by atoms with Crippen molar-refractivity contribution in [2.45, 2.75) is 24.3 Å². The van der Waals surface area contributed by atoms with Gasteiger partial charge in [-0.1, -0.05) is 18.2 Å². The lowest BCUT2D eigenvalue weighted by molar-refractivity contribution is -0.120. The highest BCUT2D eigenvalue weighted by Crippen LogP contribution is 2.15. The summed E-state index contributed by atoms with van der Waals surface area (Å²) in [6.07, 6.45) is 3.95. The summed E-state index contributed by atoms with van der Waals surface area (Å²) >= 11 is 1.23. The minimum atomic E-state index is -3.72. The number of carbonyl (C=O) groups excluding carboxylic acids is 2. The molecule has 0 fully saturated rings. The number of pyridine rings is 1. The van der Waals surface area contributed by atoms with Crippen molar-refractivity contribution in [3.63, 3.8) is 0 Å². The normalized spacial score (nSPS) is 11.0. The zero-order valence-corrected chi connectivity index (χ0v) is 18.6. The maximum Gasteiger partial charge on any atom is 0.321 e. The van der Waals surface area contributed by atoms with Crippen LogP contribution in [0.15, 0.2) is 59.1 Å². The Balaban J connectivity index is 1.39. The maximum atomic E-state index is 12.1. The molecule has 3 amide bonds. The number of anilines is 1. The van der Waals surface area contributed by atoms with E-state index in [0.717, 1.165) is 11.1 Å². The standard InChI is InChI=1S/C20H22N6O4S2/c21-32(29,30)17-5-3-14(4-6-17)7-9-23-18(27)10-16-13-31-20(25-16)26-19(28)24-12-15-2-1-8-22-11-15/h1-6,8,11,13H,7,9-10,12H2,(H,23,27)(H2,21,29,30)(H2,24,25,26,28). The predicted octanol–water partition coefficient (Wildman–Crippen LogP) is 1.41. The molecule has 0 saturated carbocycles. The van der Waals surface area contributed by atoms with Gasteiger partial charge in [0, 0.05) is 30.9 Å². The molecule has 168 valence electrons. The minimum absolute atomic E-state index is 0.0454. The highest BCUT2D eigenvalue weighted by Gasteiger charge is 2.10. The summed E-state index contributed by atoms with van der Waals surface area (Å²) in [6, 6.07) is 9.43. The van der Waals surface area contributed by atoms with Gasteiger partial charge in [-0.05, 0) is 35.7 Å². The number of nitrogens with one attached hydrogen (secondary N) is 3. The maximum absolute atomic E-state index is 12.1. The Morgan fingerprint density at radius 2 is 1.84 bits per heavy atom. The molecule has 0 aliphatic rings. The van der Waals surface area contributed by atoms with E-state index in [1.807, 2.05) is 6.07 Å². The molecule has 3 aromatic rings. The summed E-state index contributed by atoms with van der Waals surface area (Å²) in [5.74, 6) is -0.205. The summed E-state index contributed by atoms with van der Waals surface area (Å²) in [7, 11) is -3.72. The van der Waals surface area contributed by atoms with Crippen LogP contribution >= 0.6 is 11.3 Å². The van der Waals surface area contributed by atoms with E-state index in [-0.39, 0.29) is 17.2 Å². The number of thiazole rings is 1. The lowest BCUT2D eigenvalue weighted by atomic mass is 10.1. The van der Waals surface area contributed by atoms with Gasteiger partial charge in [0.15, 0.2) is 5.13 Å². The summed E-state index contributed by atoms with van der Waals surface area (Å²) in [5.41, 5.74) is 2.29. The fraction of sp³-hybridized carbons (Fsp3) is 0.200. The summed E-state index contributed by atoms with van der Waals surface area (Å²) < 4.78 is 22.5. The number of primary sulfonamides is 1. The molecule has 1 aromatic carbocycles. The lowest BCUT2D eigenvalue weighted by Crippen LogP contribution is -2.28. The summed E-state index contributed by atoms with van der Waals surface area (Å²) in [5, 5.41) is 15.3. The molecule has 0 bridgehead atoms. The third-order valence-corrected chi connectivity index (χ3v) is 6.01. The molecule has 0 atom stereocenters. The first-order valence-electron chi connectivity index (χ1n) is 9.56. The van der Waals surface area contributed by atoms with Crippen LogP contribution in [0.1, 0.15) is 16.8 Å². The van der Waals surface area contributed by atoms with Crippen LogP contribution in [0.5, 0.6) is 0 Å². The molecule has 0 radical (unpaired) electrons. The molecule has 10 nitrogen and oxygen atoms in total. The number of rotatable bonds is 9. The number of hydrogen-bond donors (Lipinski definition) is 4. The quantitative estimate of drug-likeness (QED) is 0.367. The SMILES string of the molecule is NS(=O)(=O)c1ccc(CCNC(=O)Cc2csc(NC(=O)NCc3cccnc3)n2)cc1. The molecule has 2 heterocycles. The Kier molecular flexibility index (Phi) is 7.87. The minimum Gasteiger partial charge on any atom is -0.355 e. The number of aromatic nitrogens is 2. The highest BCUT2D eigenvalue weighted by molar-refractivity contribution is 7.89. The number of nitrogens with zero attached hydrogens (tertiary/aromatic N) is 2. The van der Waals surface area contributed by atoms with Gasteiger partial charge >= 0.3 is 6.03 Å². The Morgan fingerprint density at radius 1 is 1.06 bits per heavy atom. The zero-order valence-electron chi connectivity index (χ0n) is 16.9. The van der Waals surface area contributed by atoms with Crippen molar-refractivity contribution in [2.24, 2.45) is 5.14 Å². The van der Waals surface area contributed by atoms with Gasteiger partial charge in [-0.2, -0.15) is 0 Å². The number of nitrogens with two attached hydrogens (primary N) is 1. The highest BCUT2D eigenvalue weighted by atomic mass is 32.2. The third kappa shape index (κ3) is 7.41. The molecule has 0 saturated heterocycles. The van der Waals surface area contributed by atoms with Crippen LogP contribution in [0.4, 0.5) is 9.93 Å². The van der Waals surface area contributed by atoms with Crippen LogP contribution < -0.4 is 21.1 Å². The van der Waals surface area contributed by atoms with E-state index < -0.39 is 16.1 Å². The average molecular weight is 475 g/mol. The first-order chi connectivity index (χ1) is 15.3. The third-order valence-electron chi connectivity index (χ3n) is 4.28. The van der Waals surface area contributed by atoms with Crippen molar-refractivity contribution in [1.29, 1.82) is 0 Å². The second kappa shape index (κ2) is 10.8. The topological polar surface area (TPSA) is 156 Å². The molecule has 0 aliphatic carbocycles. The fourth-order valence-corrected chi connectivity index (χ4v) is 3.91. The molecule has 2 aromatic heterocycles. The van der Waals surface area contributed by atoms with Crippen molar-refractivity contribution < 1.29 is 18.0 Å². The predicted molar refractivity (Wildman–Crippen MR) is 120 cm³/mol. The molecule has 0 spiro atoms. The number of amides is 3. The lowest BCUT2D eigenvalue weighted by Gasteiger charge is -2.06. The second-order valence-electron chi connectivity index (χ2n) is 6.78. The van der Waals surface area contributed by atoms with Gasteiger partial charge in [-0.25, -0.2) is 23.3 Å². The van der Waals surface area contributed by atoms with E-state index in [0.29, 0.717) is 30.3 Å². The molecular weight excluding hydrogens is 452 g/mol. The van der Waals surface area contributed by atoms with E-state index in [2.05, 4.69) is 25.9 Å². The summed E-state index contributed by atoms with van der Waals surface area (Å²) in [4.78, 5) is 32.4. The molecule has 5 N–H and O–H groups in total. The fourth-order valence-electron chi connectivity index (χ4n) is 2.69. The van der Waals surface area contributed by atoms with Crippen molar-refractivity contribution in [1.82, 2.24) is 20.6 Å². The van der Waals surface area contributed by atoms with E-state index >= 15 is 0 Å². The smallest absolute Gasteiger partial charge is 0.321 e. The molecule has 0 unspecified atom stereocenters. The van der Waals surface area contributed by atoms with E-state index in [4.69, 9.17) is 5.14 Å². The monoisotopic (exact) mass is 474 g/mol. The van der Waals surface area contributed by atoms with E-state index in [9.17, 15) is 18.0 Å². The molecular formula is C20H22N6O4S2. The van der Waals surface area contributed by atoms with Gasteiger partial charge in [0.2, 0.25) is 15.9 Å². The molecule has 12 heteroatoms. The Bertz CT molecular complexity index is 1160. The van der Waals surface area contributed by atoms with Gasteiger partial charge < -0.3 is 10.6 Å². The van der Waals surface area contributed by atoms with Crippen LogP contribution in [-0.4, -0.2) is 36.9 Å². The Morgan fingerprint density at radius 3 is 2.53 bits per heavy atom. The van der Waals surface area contributed by atoms with Gasteiger partial charge in [0.25, 0.3) is 0 Å². The summed E-state index contributed by atoms with van der Waals surface area (Å²) in [6.45, 7) is 0.727. The Labute approximate surface area is 189 Å². The van der Waals surface area contributed by atoms with Crippen LogP contribution in [-0.2, 0) is 34.2 Å².